The molecule has 0 N–H and O–H groups in total. The van der Waals surface area contributed by atoms with E-state index in [4.69, 9.17) is 11.6 Å². The van der Waals surface area contributed by atoms with Crippen LogP contribution in [0.4, 0.5) is 0 Å². The molecule has 1 heterocycles. The van der Waals surface area contributed by atoms with Crippen LogP contribution in [0.3, 0.4) is 0 Å². The summed E-state index contributed by atoms with van der Waals surface area (Å²) in [4.78, 5) is 0. The lowest BCUT2D eigenvalue weighted by atomic mass is 10.0. The summed E-state index contributed by atoms with van der Waals surface area (Å²) in [5.74, 6) is 0.560. The third-order valence-corrected chi connectivity index (χ3v) is 6.70. The van der Waals surface area contributed by atoms with Gasteiger partial charge in [0.2, 0.25) is 0 Å². The molecule has 0 amide bonds. The van der Waals surface area contributed by atoms with E-state index >= 15 is 0 Å². The van der Waals surface area contributed by atoms with Crippen LogP contribution in [0.15, 0.2) is 29.6 Å². The van der Waals surface area contributed by atoms with Crippen molar-refractivity contribution in [3.05, 3.63) is 35.2 Å². The van der Waals surface area contributed by atoms with Crippen LogP contribution in [-0.2, 0) is 0 Å². The zero-order valence-corrected chi connectivity index (χ0v) is 12.9. The molecule has 2 heteroatoms. The first kappa shape index (κ1) is 12.5. The number of rotatable bonds is 2. The highest BCUT2D eigenvalue weighted by atomic mass is 35.5. The molecule has 0 spiro atoms. The average molecular weight is 279 g/mol. The summed E-state index contributed by atoms with van der Waals surface area (Å²) >= 11 is 8.60. The molecule has 1 fully saturated rings. The predicted octanol–water partition coefficient (Wildman–Crippen LogP) is 5.86. The zero-order chi connectivity index (χ0) is 13.1. The molecule has 3 rings (SSSR count). The summed E-state index contributed by atoms with van der Waals surface area (Å²) in [5, 5.41) is 3.71. The molecule has 18 heavy (non-hydrogen) atoms. The minimum absolute atomic E-state index is 0.131. The van der Waals surface area contributed by atoms with Crippen molar-refractivity contribution in [3.63, 3.8) is 0 Å². The highest BCUT2D eigenvalue weighted by molar-refractivity contribution is 7.17. The van der Waals surface area contributed by atoms with Crippen LogP contribution >= 0.6 is 22.9 Å². The molecule has 1 unspecified atom stereocenters. The molecule has 1 atom stereocenters. The number of fused-ring (bicyclic) bond motifs is 1. The maximum Gasteiger partial charge on any atom is 0.0638 e. The van der Waals surface area contributed by atoms with Crippen molar-refractivity contribution in [2.45, 2.75) is 33.1 Å². The molecule has 1 saturated carbocycles. The van der Waals surface area contributed by atoms with E-state index in [2.05, 4.69) is 57.3 Å². The first-order valence-corrected chi connectivity index (χ1v) is 7.79. The first-order valence-electron chi connectivity index (χ1n) is 6.47. The van der Waals surface area contributed by atoms with Crippen LogP contribution < -0.4 is 0 Å². The normalized spacial score (nSPS) is 23.2. The molecule has 0 saturated heterocycles. The van der Waals surface area contributed by atoms with Gasteiger partial charge in [-0.25, -0.2) is 0 Å². The molecular weight excluding hydrogens is 260 g/mol. The van der Waals surface area contributed by atoms with Crippen LogP contribution in [0.5, 0.6) is 0 Å². The Kier molecular flexibility index (Phi) is 2.60. The number of hydrogen-bond acceptors (Lipinski definition) is 1. The quantitative estimate of drug-likeness (QED) is 0.603. The minimum atomic E-state index is 0.131. The molecule has 1 aliphatic rings. The van der Waals surface area contributed by atoms with Crippen LogP contribution in [0.25, 0.3) is 10.1 Å². The van der Waals surface area contributed by atoms with E-state index < -0.39 is 0 Å². The van der Waals surface area contributed by atoms with Gasteiger partial charge in [-0.1, -0.05) is 45.9 Å². The smallest absolute Gasteiger partial charge is 0.0638 e. The van der Waals surface area contributed by atoms with E-state index in [9.17, 15) is 0 Å². The van der Waals surface area contributed by atoms with E-state index in [0.717, 1.165) is 0 Å². The van der Waals surface area contributed by atoms with Gasteiger partial charge < -0.3 is 0 Å². The summed E-state index contributed by atoms with van der Waals surface area (Å²) in [6.07, 6.45) is 0. The van der Waals surface area contributed by atoms with Gasteiger partial charge in [-0.3, -0.25) is 0 Å². The lowest BCUT2D eigenvalue weighted by molar-refractivity contribution is 0.457. The van der Waals surface area contributed by atoms with Gasteiger partial charge in [0.15, 0.2) is 0 Å². The van der Waals surface area contributed by atoms with Gasteiger partial charge in [0.1, 0.15) is 0 Å². The van der Waals surface area contributed by atoms with Crippen molar-refractivity contribution < 1.29 is 0 Å². The Morgan fingerprint density at radius 3 is 2.33 bits per heavy atom. The highest BCUT2D eigenvalue weighted by Crippen LogP contribution is 2.73. The zero-order valence-electron chi connectivity index (χ0n) is 11.3. The number of hydrogen-bond donors (Lipinski definition) is 0. The van der Waals surface area contributed by atoms with Crippen molar-refractivity contribution in [1.29, 1.82) is 0 Å². The van der Waals surface area contributed by atoms with E-state index in [1.165, 1.54) is 15.6 Å². The van der Waals surface area contributed by atoms with Crippen molar-refractivity contribution >= 4 is 33.0 Å². The molecule has 0 nitrogen and oxygen atoms in total. The summed E-state index contributed by atoms with van der Waals surface area (Å²) in [6.45, 7) is 9.34. The van der Waals surface area contributed by atoms with Crippen molar-refractivity contribution in [2.75, 3.05) is 0 Å². The minimum Gasteiger partial charge on any atom is -0.143 e. The lowest BCUT2D eigenvalue weighted by Crippen LogP contribution is -1.98. The highest BCUT2D eigenvalue weighted by Gasteiger charge is 2.67. The van der Waals surface area contributed by atoms with Crippen molar-refractivity contribution in [3.8, 4) is 0 Å². The molecule has 1 aliphatic carbocycles. The monoisotopic (exact) mass is 278 g/mol. The second-order valence-corrected chi connectivity index (χ2v) is 7.89. The maximum absolute atomic E-state index is 6.80. The van der Waals surface area contributed by atoms with E-state index in [0.29, 0.717) is 16.7 Å². The molecule has 0 bridgehead atoms. The Bertz CT molecular complexity index is 580. The summed E-state index contributed by atoms with van der Waals surface area (Å²) < 4.78 is 1.34. The number of thiophene rings is 1. The van der Waals surface area contributed by atoms with Crippen LogP contribution in [0.1, 0.15) is 38.6 Å². The summed E-state index contributed by atoms with van der Waals surface area (Å²) in [7, 11) is 0. The molecular formula is C16H19ClS. The third kappa shape index (κ3) is 1.50. The van der Waals surface area contributed by atoms with Gasteiger partial charge in [-0.15, -0.1) is 22.9 Å². The second kappa shape index (κ2) is 3.74. The Labute approximate surface area is 118 Å². The van der Waals surface area contributed by atoms with Gasteiger partial charge in [0, 0.05) is 4.70 Å². The number of benzene rings is 1. The van der Waals surface area contributed by atoms with Crippen LogP contribution in [0, 0.1) is 16.7 Å². The van der Waals surface area contributed by atoms with Gasteiger partial charge in [-0.05, 0) is 39.1 Å². The molecule has 96 valence electrons. The number of halogens is 1. The Balaban J connectivity index is 2.02. The Hall–Kier alpha value is -0.530. The topological polar surface area (TPSA) is 0 Å². The van der Waals surface area contributed by atoms with Gasteiger partial charge in [-0.2, -0.15) is 0 Å². The van der Waals surface area contributed by atoms with Gasteiger partial charge in [0.05, 0.1) is 5.38 Å². The average Bonchev–Trinajstić information content (AvgIpc) is 2.66. The fourth-order valence-electron chi connectivity index (χ4n) is 3.37. The predicted molar refractivity (Wildman–Crippen MR) is 81.5 cm³/mol. The second-order valence-electron chi connectivity index (χ2n) is 6.51. The Morgan fingerprint density at radius 1 is 1.11 bits per heavy atom. The lowest BCUT2D eigenvalue weighted by Gasteiger charge is -2.11. The van der Waals surface area contributed by atoms with Crippen molar-refractivity contribution in [1.82, 2.24) is 0 Å². The molecule has 2 aromatic rings. The van der Waals surface area contributed by atoms with Crippen LogP contribution in [-0.4, -0.2) is 0 Å². The van der Waals surface area contributed by atoms with Crippen molar-refractivity contribution in [2.24, 2.45) is 16.7 Å². The van der Waals surface area contributed by atoms with E-state index in [1.54, 1.807) is 11.3 Å². The third-order valence-electron chi connectivity index (χ3n) is 5.23. The van der Waals surface area contributed by atoms with E-state index in [-0.39, 0.29) is 5.38 Å². The Morgan fingerprint density at radius 2 is 1.72 bits per heavy atom. The number of alkyl halides is 1. The SMILES string of the molecule is CC1(C)C(C(Cl)c2csc3ccccc23)C1(C)C. The first-order chi connectivity index (χ1) is 8.37. The fourth-order valence-corrected chi connectivity index (χ4v) is 5.25. The summed E-state index contributed by atoms with van der Waals surface area (Å²) in [6, 6.07) is 8.57. The standard InChI is InChI=1S/C16H19ClS/c1-15(2)14(16(15,3)4)13(17)11-9-18-12-8-6-5-7-10(11)12/h5-9,13-14H,1-4H3. The molecule has 0 aliphatic heterocycles. The van der Waals surface area contributed by atoms with Gasteiger partial charge in [0.25, 0.3) is 0 Å². The molecule has 0 radical (unpaired) electrons. The summed E-state index contributed by atoms with van der Waals surface area (Å²) in [5.41, 5.74) is 1.99. The largest absolute Gasteiger partial charge is 0.143 e. The molecule has 1 aromatic heterocycles. The van der Waals surface area contributed by atoms with Gasteiger partial charge >= 0.3 is 0 Å². The fraction of sp³-hybridized carbons (Fsp3) is 0.500. The van der Waals surface area contributed by atoms with Crippen LogP contribution in [0.2, 0.25) is 0 Å². The maximum atomic E-state index is 6.80. The molecule has 1 aromatic carbocycles. The van der Waals surface area contributed by atoms with E-state index in [1.807, 2.05) is 0 Å².